The number of ether oxygens (including phenoxy) is 4. The third-order valence-electron chi connectivity index (χ3n) is 9.94. The van der Waals surface area contributed by atoms with Gasteiger partial charge in [0, 0.05) is 55.1 Å². The number of alkyl halides is 1. The van der Waals surface area contributed by atoms with E-state index in [4.69, 9.17) is 18.9 Å². The third kappa shape index (κ3) is 10.8. The van der Waals surface area contributed by atoms with Gasteiger partial charge in [0.25, 0.3) is 0 Å². The van der Waals surface area contributed by atoms with Gasteiger partial charge in [-0.15, -0.1) is 0 Å². The molecule has 0 unspecified atom stereocenters. The number of rotatable bonds is 15. The lowest BCUT2D eigenvalue weighted by molar-refractivity contribution is -0.141. The number of carbonyl (C=O) groups excluding carboxylic acids is 4. The summed E-state index contributed by atoms with van der Waals surface area (Å²) >= 11 is 0. The van der Waals surface area contributed by atoms with Gasteiger partial charge in [0.05, 0.1) is 25.9 Å². The lowest BCUT2D eigenvalue weighted by Crippen LogP contribution is -2.49. The van der Waals surface area contributed by atoms with Crippen molar-refractivity contribution in [3.05, 3.63) is 65.9 Å². The van der Waals surface area contributed by atoms with Crippen LogP contribution in [0, 0.1) is 11.8 Å². The predicted molar refractivity (Wildman–Crippen MR) is 198 cm³/mol. The van der Waals surface area contributed by atoms with E-state index in [0.717, 1.165) is 10.9 Å². The topological polar surface area (TPSA) is 148 Å². The molecule has 2 heterocycles. The molecule has 3 amide bonds. The fourth-order valence-electron chi connectivity index (χ4n) is 7.34. The number of fused-ring (bicyclic) bond motifs is 1. The number of carbonyl (C=O) groups is 4. The maximum atomic E-state index is 14.2. The van der Waals surface area contributed by atoms with Gasteiger partial charge in [-0.1, -0.05) is 30.3 Å². The molecule has 3 N–H and O–H groups in total. The van der Waals surface area contributed by atoms with Crippen LogP contribution in [0.15, 0.2) is 54.6 Å². The highest BCUT2D eigenvalue weighted by molar-refractivity contribution is 6.01. The molecule has 2 fully saturated rings. The summed E-state index contributed by atoms with van der Waals surface area (Å²) in [5.41, 5.74) is 1.84. The van der Waals surface area contributed by atoms with Crippen LogP contribution in [-0.4, -0.2) is 98.2 Å². The van der Waals surface area contributed by atoms with Crippen molar-refractivity contribution in [2.24, 2.45) is 11.8 Å². The smallest absolute Gasteiger partial charge is 0.407 e. The Balaban J connectivity index is 1.23. The molecular weight excluding hydrogens is 683 g/mol. The molecule has 1 aliphatic heterocycles. The first kappa shape index (κ1) is 39.7. The molecule has 0 spiro atoms. The monoisotopic (exact) mass is 736 g/mol. The number of methoxy groups -OCH3 is 1. The number of halogens is 1. The molecule has 1 aromatic heterocycles. The number of aromatic amines is 1. The zero-order valence-electron chi connectivity index (χ0n) is 31.2. The van der Waals surface area contributed by atoms with Crippen LogP contribution in [0.3, 0.4) is 0 Å². The molecule has 288 valence electrons. The van der Waals surface area contributed by atoms with E-state index in [1.165, 1.54) is 0 Å². The summed E-state index contributed by atoms with van der Waals surface area (Å²) in [5.74, 6) is -1.49. The summed E-state index contributed by atoms with van der Waals surface area (Å²) < 4.78 is 35.1. The number of likely N-dealkylation sites (tertiary alicyclic amines) is 1. The van der Waals surface area contributed by atoms with Crippen LogP contribution in [0.4, 0.5) is 14.9 Å². The highest BCUT2D eigenvalue weighted by Gasteiger charge is 2.45. The summed E-state index contributed by atoms with van der Waals surface area (Å²) in [4.78, 5) is 58.1. The molecule has 13 heteroatoms. The fraction of sp³-hybridized carbons (Fsp3) is 0.550. The van der Waals surface area contributed by atoms with Crippen molar-refractivity contribution < 1.29 is 42.5 Å². The summed E-state index contributed by atoms with van der Waals surface area (Å²) in [6.07, 6.45) is 2.76. The molecule has 1 saturated heterocycles. The van der Waals surface area contributed by atoms with E-state index in [2.05, 4.69) is 15.6 Å². The van der Waals surface area contributed by atoms with E-state index in [0.29, 0.717) is 81.8 Å². The minimum absolute atomic E-state index is 0.0790. The SMILES string of the molecule is COCCOCCCOC(=O)c1cc2cc(NC(=O)[C@@H]3[C@@H](c4ccccc4)CCN3C(=O)[C@H]3CC[C@H]([C@@H](CF)NC(=O)OC(C)(C)C)CC3)ccc2[nH]1. The Hall–Kier alpha value is -4.49. The zero-order chi connectivity index (χ0) is 38.0. The number of nitrogens with zero attached hydrogens (tertiary/aromatic N) is 1. The maximum Gasteiger partial charge on any atom is 0.407 e. The lowest BCUT2D eigenvalue weighted by Gasteiger charge is -2.36. The number of esters is 1. The normalized spacial score (nSPS) is 20.9. The lowest BCUT2D eigenvalue weighted by atomic mass is 9.78. The number of hydrogen-bond donors (Lipinski definition) is 3. The molecule has 0 bridgehead atoms. The summed E-state index contributed by atoms with van der Waals surface area (Å²) in [5, 5.41) is 6.45. The van der Waals surface area contributed by atoms with Crippen LogP contribution in [0.25, 0.3) is 10.9 Å². The molecule has 3 atom stereocenters. The second-order valence-corrected chi connectivity index (χ2v) is 14.9. The summed E-state index contributed by atoms with van der Waals surface area (Å²) in [6.45, 7) is 6.64. The van der Waals surface area contributed by atoms with Crippen molar-refractivity contribution in [2.75, 3.05) is 52.1 Å². The number of anilines is 1. The molecule has 0 radical (unpaired) electrons. The Morgan fingerprint density at radius 1 is 0.943 bits per heavy atom. The van der Waals surface area contributed by atoms with Crippen LogP contribution in [0.1, 0.15) is 81.3 Å². The molecule has 1 saturated carbocycles. The predicted octanol–water partition coefficient (Wildman–Crippen LogP) is 6.37. The largest absolute Gasteiger partial charge is 0.461 e. The zero-order valence-corrected chi connectivity index (χ0v) is 31.2. The molecule has 12 nitrogen and oxygen atoms in total. The van der Waals surface area contributed by atoms with E-state index in [-0.39, 0.29) is 36.2 Å². The standard InChI is InChI=1S/C40H53FN4O8/c1-40(2,3)53-39(49)44-34(25-41)27-11-13-28(14-12-27)37(47)45-18-17-31(26-9-6-5-7-10-26)35(45)36(46)42-30-15-16-32-29(23-30)24-33(43-32)38(48)52-20-8-19-51-22-21-50-4/h5-7,9-10,15-16,23-24,27-28,31,34-35,43H,8,11-14,17-22,25H2,1-4H3,(H,42,46)(H,44,49)/t27-,28-,31-,34-,35+/m1/s1. The minimum Gasteiger partial charge on any atom is -0.461 e. The second kappa shape index (κ2) is 18.5. The molecule has 3 aromatic rings. The fourth-order valence-corrected chi connectivity index (χ4v) is 7.34. The number of amides is 3. The Bertz CT molecular complexity index is 1680. The number of benzene rings is 2. The number of aromatic nitrogens is 1. The van der Waals surface area contributed by atoms with Gasteiger partial charge in [-0.3, -0.25) is 9.59 Å². The van der Waals surface area contributed by atoms with Gasteiger partial charge >= 0.3 is 12.1 Å². The Morgan fingerprint density at radius 3 is 2.40 bits per heavy atom. The molecule has 1 aliphatic carbocycles. The van der Waals surface area contributed by atoms with Gasteiger partial charge in [0.2, 0.25) is 11.8 Å². The quantitative estimate of drug-likeness (QED) is 0.121. The van der Waals surface area contributed by atoms with E-state index in [1.54, 1.807) is 57.0 Å². The van der Waals surface area contributed by atoms with Crippen molar-refractivity contribution in [1.82, 2.24) is 15.2 Å². The van der Waals surface area contributed by atoms with E-state index < -0.39 is 36.4 Å². The number of nitrogens with one attached hydrogen (secondary N) is 3. The van der Waals surface area contributed by atoms with Gasteiger partial charge in [0.1, 0.15) is 24.0 Å². The molecule has 2 aromatic carbocycles. The average molecular weight is 737 g/mol. The van der Waals surface area contributed by atoms with Crippen LogP contribution in [0.2, 0.25) is 0 Å². The molecule has 2 aliphatic rings. The maximum absolute atomic E-state index is 14.2. The van der Waals surface area contributed by atoms with Crippen molar-refractivity contribution >= 4 is 40.5 Å². The van der Waals surface area contributed by atoms with Gasteiger partial charge < -0.3 is 39.5 Å². The van der Waals surface area contributed by atoms with Gasteiger partial charge in [0.15, 0.2) is 0 Å². The van der Waals surface area contributed by atoms with Crippen molar-refractivity contribution in [2.45, 2.75) is 82.9 Å². The molecule has 5 rings (SSSR count). The average Bonchev–Trinajstić information content (AvgIpc) is 3.78. The van der Waals surface area contributed by atoms with Gasteiger partial charge in [-0.25, -0.2) is 14.0 Å². The van der Waals surface area contributed by atoms with Crippen LogP contribution < -0.4 is 10.6 Å². The Labute approximate surface area is 310 Å². The summed E-state index contributed by atoms with van der Waals surface area (Å²) in [6, 6.07) is 15.4. The van der Waals surface area contributed by atoms with Crippen LogP contribution in [0.5, 0.6) is 0 Å². The van der Waals surface area contributed by atoms with Crippen molar-refractivity contribution in [3.63, 3.8) is 0 Å². The number of hydrogen-bond acceptors (Lipinski definition) is 8. The first-order valence-electron chi connectivity index (χ1n) is 18.6. The molecule has 53 heavy (non-hydrogen) atoms. The minimum atomic E-state index is -0.735. The second-order valence-electron chi connectivity index (χ2n) is 14.9. The van der Waals surface area contributed by atoms with E-state index in [9.17, 15) is 23.6 Å². The van der Waals surface area contributed by atoms with Crippen molar-refractivity contribution in [3.8, 4) is 0 Å². The Morgan fingerprint density at radius 2 is 1.70 bits per heavy atom. The van der Waals surface area contributed by atoms with Crippen LogP contribution in [-0.2, 0) is 28.5 Å². The first-order chi connectivity index (χ1) is 25.5. The number of H-pyrrole nitrogens is 1. The van der Waals surface area contributed by atoms with Gasteiger partial charge in [-0.2, -0.15) is 0 Å². The highest BCUT2D eigenvalue weighted by atomic mass is 19.1. The van der Waals surface area contributed by atoms with Gasteiger partial charge in [-0.05, 0) is 88.6 Å². The third-order valence-corrected chi connectivity index (χ3v) is 9.94. The van der Waals surface area contributed by atoms with E-state index >= 15 is 0 Å². The Kier molecular flexibility index (Phi) is 13.9. The first-order valence-corrected chi connectivity index (χ1v) is 18.6. The highest BCUT2D eigenvalue weighted by Crippen LogP contribution is 2.39. The van der Waals surface area contributed by atoms with E-state index in [1.807, 2.05) is 30.3 Å². The molecular formula is C40H53FN4O8. The van der Waals surface area contributed by atoms with Crippen LogP contribution >= 0.6 is 0 Å². The number of alkyl carbamates (subject to hydrolysis) is 1. The van der Waals surface area contributed by atoms with Crippen molar-refractivity contribution in [1.29, 1.82) is 0 Å². The summed E-state index contributed by atoms with van der Waals surface area (Å²) in [7, 11) is 1.60.